The first-order valence-electron chi connectivity index (χ1n) is 11.3. The van der Waals surface area contributed by atoms with E-state index in [9.17, 15) is 21.6 Å². The molecule has 35 heavy (non-hydrogen) atoms. The number of sulfonamides is 2. The Bertz CT molecular complexity index is 1170. The molecule has 1 fully saturated rings. The summed E-state index contributed by atoms with van der Waals surface area (Å²) in [4.78, 5) is 12.7. The van der Waals surface area contributed by atoms with Crippen molar-refractivity contribution in [1.29, 1.82) is 0 Å². The van der Waals surface area contributed by atoms with Gasteiger partial charge in [-0.1, -0.05) is 35.4 Å². The molecule has 1 saturated heterocycles. The maximum Gasteiger partial charge on any atom is 0.407 e. The van der Waals surface area contributed by atoms with Crippen LogP contribution in [-0.2, 0) is 24.8 Å². The molecule has 11 heteroatoms. The van der Waals surface area contributed by atoms with Crippen molar-refractivity contribution in [1.82, 2.24) is 13.9 Å². The fourth-order valence-corrected chi connectivity index (χ4v) is 6.63. The number of rotatable bonds is 5. The molecule has 2 aromatic rings. The van der Waals surface area contributed by atoms with Gasteiger partial charge in [0.15, 0.2) is 0 Å². The number of alkyl carbamates (subject to hydrolysis) is 1. The average Bonchev–Trinajstić information content (AvgIpc) is 2.96. The van der Waals surface area contributed by atoms with Crippen LogP contribution in [0.3, 0.4) is 0 Å². The van der Waals surface area contributed by atoms with Crippen LogP contribution in [0.25, 0.3) is 0 Å². The standard InChI is InChI=1S/C24H33N3O6S2/c1-18-6-10-21(11-7-18)34(29,30)26-14-15-27(35(31,32)22-12-8-19(2)9-13-22)17-20(16-26)25-23(28)33-24(3,4)5/h6-13,20H,14-17H2,1-5H3,(H,25,28). The minimum absolute atomic E-state index is 0.0617. The number of nitrogens with zero attached hydrogens (tertiary/aromatic N) is 2. The van der Waals surface area contributed by atoms with Crippen molar-refractivity contribution in [3.63, 3.8) is 0 Å². The Morgan fingerprint density at radius 2 is 1.17 bits per heavy atom. The van der Waals surface area contributed by atoms with Crippen LogP contribution in [0, 0.1) is 13.8 Å². The van der Waals surface area contributed by atoms with E-state index in [0.29, 0.717) is 0 Å². The highest BCUT2D eigenvalue weighted by Gasteiger charge is 2.36. The lowest BCUT2D eigenvalue weighted by atomic mass is 10.2. The van der Waals surface area contributed by atoms with Crippen LogP contribution in [0.1, 0.15) is 31.9 Å². The van der Waals surface area contributed by atoms with Gasteiger partial charge in [-0.25, -0.2) is 21.6 Å². The second kappa shape index (κ2) is 10.3. The molecule has 1 aliphatic heterocycles. The molecule has 1 aliphatic rings. The first-order chi connectivity index (χ1) is 16.2. The lowest BCUT2D eigenvalue weighted by Crippen LogP contribution is -2.49. The summed E-state index contributed by atoms with van der Waals surface area (Å²) in [5, 5.41) is 2.67. The number of hydrogen-bond acceptors (Lipinski definition) is 6. The van der Waals surface area contributed by atoms with Crippen LogP contribution in [0.15, 0.2) is 58.3 Å². The van der Waals surface area contributed by atoms with E-state index in [4.69, 9.17) is 4.74 Å². The number of ether oxygens (including phenoxy) is 1. The third-order valence-electron chi connectivity index (χ3n) is 5.49. The fraction of sp³-hybridized carbons (Fsp3) is 0.458. The van der Waals surface area contributed by atoms with Crippen molar-refractivity contribution < 1.29 is 26.4 Å². The first-order valence-corrected chi connectivity index (χ1v) is 14.2. The van der Waals surface area contributed by atoms with Crippen LogP contribution >= 0.6 is 0 Å². The Morgan fingerprint density at radius 1 is 0.800 bits per heavy atom. The number of nitrogens with one attached hydrogen (secondary N) is 1. The Morgan fingerprint density at radius 3 is 1.51 bits per heavy atom. The number of carbonyl (C=O) groups excluding carboxylic acids is 1. The highest BCUT2D eigenvalue weighted by Crippen LogP contribution is 2.23. The second-order valence-electron chi connectivity index (χ2n) is 9.70. The largest absolute Gasteiger partial charge is 0.444 e. The quantitative estimate of drug-likeness (QED) is 0.645. The van der Waals surface area contributed by atoms with Gasteiger partial charge in [0.1, 0.15) is 5.60 Å². The molecule has 1 N–H and O–H groups in total. The summed E-state index contributed by atoms with van der Waals surface area (Å²) >= 11 is 0. The van der Waals surface area contributed by atoms with Gasteiger partial charge in [-0.2, -0.15) is 8.61 Å². The molecule has 9 nitrogen and oxygen atoms in total. The van der Waals surface area contributed by atoms with Gasteiger partial charge < -0.3 is 10.1 Å². The summed E-state index contributed by atoms with van der Waals surface area (Å²) in [6, 6.07) is 12.1. The predicted molar refractivity (Wildman–Crippen MR) is 133 cm³/mol. The van der Waals surface area contributed by atoms with Gasteiger partial charge >= 0.3 is 6.09 Å². The highest BCUT2D eigenvalue weighted by atomic mass is 32.2. The zero-order chi connectivity index (χ0) is 26.0. The van der Waals surface area contributed by atoms with E-state index in [0.717, 1.165) is 11.1 Å². The Balaban J connectivity index is 1.93. The summed E-state index contributed by atoms with van der Waals surface area (Å²) in [6.07, 6.45) is -0.746. The monoisotopic (exact) mass is 523 g/mol. The normalized spacial score (nSPS) is 17.1. The fourth-order valence-electron chi connectivity index (χ4n) is 3.68. The molecule has 0 aromatic heterocycles. The van der Waals surface area contributed by atoms with Crippen LogP contribution in [0.5, 0.6) is 0 Å². The molecule has 1 amide bonds. The van der Waals surface area contributed by atoms with Gasteiger partial charge in [0.05, 0.1) is 15.8 Å². The van der Waals surface area contributed by atoms with E-state index < -0.39 is 37.8 Å². The van der Waals surface area contributed by atoms with Crippen LogP contribution < -0.4 is 5.32 Å². The molecule has 0 bridgehead atoms. The number of amides is 1. The molecular weight excluding hydrogens is 490 g/mol. The topological polar surface area (TPSA) is 113 Å². The summed E-state index contributed by atoms with van der Waals surface area (Å²) in [5.74, 6) is 0. The molecule has 3 rings (SSSR count). The van der Waals surface area contributed by atoms with Gasteiger partial charge in [0, 0.05) is 26.2 Å². The average molecular weight is 524 g/mol. The molecule has 0 unspecified atom stereocenters. The van der Waals surface area contributed by atoms with E-state index in [1.165, 1.54) is 32.9 Å². The number of aryl methyl sites for hydroxylation is 2. The molecule has 2 aromatic carbocycles. The summed E-state index contributed by atoms with van der Waals surface area (Å²) < 4.78 is 61.3. The molecule has 192 valence electrons. The van der Waals surface area contributed by atoms with Crippen molar-refractivity contribution >= 4 is 26.1 Å². The van der Waals surface area contributed by atoms with Crippen LogP contribution in [-0.4, -0.2) is 69.4 Å². The van der Waals surface area contributed by atoms with E-state index in [-0.39, 0.29) is 36.0 Å². The minimum Gasteiger partial charge on any atom is -0.444 e. The Hall–Kier alpha value is -2.47. The lowest BCUT2D eigenvalue weighted by Gasteiger charge is -2.27. The van der Waals surface area contributed by atoms with E-state index in [1.54, 1.807) is 45.0 Å². The lowest BCUT2D eigenvalue weighted by molar-refractivity contribution is 0.0497. The van der Waals surface area contributed by atoms with E-state index in [1.807, 2.05) is 13.8 Å². The van der Waals surface area contributed by atoms with Gasteiger partial charge in [0.2, 0.25) is 20.0 Å². The van der Waals surface area contributed by atoms with Crippen LogP contribution in [0.4, 0.5) is 4.79 Å². The zero-order valence-electron chi connectivity index (χ0n) is 20.7. The second-order valence-corrected chi connectivity index (χ2v) is 13.6. The number of hydrogen-bond donors (Lipinski definition) is 1. The van der Waals surface area contributed by atoms with Gasteiger partial charge in [-0.3, -0.25) is 0 Å². The van der Waals surface area contributed by atoms with Gasteiger partial charge in [0.25, 0.3) is 0 Å². The molecule has 0 radical (unpaired) electrons. The van der Waals surface area contributed by atoms with Crippen molar-refractivity contribution in [3.8, 4) is 0 Å². The molecule has 0 spiro atoms. The third kappa shape index (κ3) is 6.81. The number of carbonyl (C=O) groups is 1. The summed E-state index contributed by atoms with van der Waals surface area (Å²) in [5.41, 5.74) is 1.06. The highest BCUT2D eigenvalue weighted by molar-refractivity contribution is 7.89. The maximum absolute atomic E-state index is 13.4. The molecular formula is C24H33N3O6S2. The molecule has 1 heterocycles. The molecule has 0 saturated carbocycles. The Kier molecular flexibility index (Phi) is 7.95. The van der Waals surface area contributed by atoms with Crippen molar-refractivity contribution in [2.75, 3.05) is 26.2 Å². The third-order valence-corrected chi connectivity index (χ3v) is 9.24. The van der Waals surface area contributed by atoms with Crippen molar-refractivity contribution in [2.24, 2.45) is 0 Å². The zero-order valence-corrected chi connectivity index (χ0v) is 22.3. The van der Waals surface area contributed by atoms with Gasteiger partial charge in [-0.15, -0.1) is 0 Å². The Labute approximate surface area is 208 Å². The SMILES string of the molecule is Cc1ccc(S(=O)(=O)N2CCN(S(=O)(=O)c3ccc(C)cc3)CC(NC(=O)OC(C)(C)C)C2)cc1. The maximum atomic E-state index is 13.4. The van der Waals surface area contributed by atoms with E-state index in [2.05, 4.69) is 5.32 Å². The van der Waals surface area contributed by atoms with Crippen LogP contribution in [0.2, 0.25) is 0 Å². The summed E-state index contributed by atoms with van der Waals surface area (Å²) in [6.45, 7) is 8.52. The van der Waals surface area contributed by atoms with Crippen molar-refractivity contribution in [2.45, 2.75) is 56.1 Å². The summed E-state index contributed by atoms with van der Waals surface area (Å²) in [7, 11) is -7.85. The van der Waals surface area contributed by atoms with E-state index >= 15 is 0 Å². The molecule has 0 aliphatic carbocycles. The van der Waals surface area contributed by atoms with Gasteiger partial charge in [-0.05, 0) is 58.9 Å². The minimum atomic E-state index is -3.93. The smallest absolute Gasteiger partial charge is 0.407 e. The van der Waals surface area contributed by atoms with Crippen molar-refractivity contribution in [3.05, 3.63) is 59.7 Å². The molecule has 0 atom stereocenters. The number of benzene rings is 2. The first kappa shape index (κ1) is 27.1. The predicted octanol–water partition coefficient (Wildman–Crippen LogP) is 2.89.